The monoisotopic (exact) mass is 322 g/mol. The molecule has 1 aromatic heterocycles. The maximum Gasteiger partial charge on any atom is 0.161 e. The molecule has 2 aromatic rings. The molecule has 0 radical (unpaired) electrons. The number of aromatic nitrogens is 2. The van der Waals surface area contributed by atoms with Crippen molar-refractivity contribution >= 4 is 27.5 Å². The fraction of sp³-hybridized carbons (Fsp3) is 0.286. The molecule has 0 saturated heterocycles. The van der Waals surface area contributed by atoms with E-state index >= 15 is 0 Å². The number of nitrogens with zero attached hydrogens (tertiary/aromatic N) is 2. The van der Waals surface area contributed by atoms with Crippen molar-refractivity contribution in [1.29, 1.82) is 0 Å². The highest BCUT2D eigenvalue weighted by atomic mass is 79.9. The van der Waals surface area contributed by atoms with E-state index in [0.29, 0.717) is 11.1 Å². The Labute approximate surface area is 120 Å². The molecule has 1 aliphatic carbocycles. The summed E-state index contributed by atoms with van der Waals surface area (Å²) in [4.78, 5) is 8.99. The molecule has 1 aromatic carbocycles. The lowest BCUT2D eigenvalue weighted by Gasteiger charge is -2.07. The number of halogens is 2. The van der Waals surface area contributed by atoms with Gasteiger partial charge in [0.05, 0.1) is 0 Å². The van der Waals surface area contributed by atoms with Gasteiger partial charge in [0.25, 0.3) is 0 Å². The van der Waals surface area contributed by atoms with E-state index in [1.54, 1.807) is 0 Å². The number of benzene rings is 1. The molecule has 0 bridgehead atoms. The Morgan fingerprint density at radius 3 is 2.67 bits per heavy atom. The molecule has 92 valence electrons. The average molecular weight is 324 g/mol. The number of rotatable bonds is 2. The van der Waals surface area contributed by atoms with E-state index < -0.39 is 0 Å². The lowest BCUT2D eigenvalue weighted by atomic mass is 10.1. The van der Waals surface area contributed by atoms with Crippen LogP contribution >= 0.6 is 27.5 Å². The topological polar surface area (TPSA) is 25.8 Å². The predicted octanol–water partition coefficient (Wildman–Crippen LogP) is 4.75. The Bertz CT molecular complexity index is 609. The maximum absolute atomic E-state index is 6.09. The molecule has 0 spiro atoms. The Balaban J connectivity index is 2.10. The fourth-order valence-electron chi connectivity index (χ4n) is 2.02. The molecule has 1 aliphatic rings. The third kappa shape index (κ3) is 2.43. The smallest absolute Gasteiger partial charge is 0.161 e. The largest absolute Gasteiger partial charge is 0.233 e. The number of hydrogen-bond acceptors (Lipinski definition) is 2. The second-order valence-corrected chi connectivity index (χ2v) is 5.98. The number of aryl methyl sites for hydroxylation is 1. The quantitative estimate of drug-likeness (QED) is 0.746. The van der Waals surface area contributed by atoms with Gasteiger partial charge in [-0.05, 0) is 49.6 Å². The van der Waals surface area contributed by atoms with E-state index in [9.17, 15) is 0 Å². The zero-order chi connectivity index (χ0) is 12.7. The van der Waals surface area contributed by atoms with Gasteiger partial charge in [-0.25, -0.2) is 9.97 Å². The molecule has 0 unspecified atom stereocenters. The molecule has 0 aliphatic heterocycles. The van der Waals surface area contributed by atoms with E-state index in [-0.39, 0.29) is 0 Å². The highest BCUT2D eigenvalue weighted by Crippen LogP contribution is 2.40. The highest BCUT2D eigenvalue weighted by Gasteiger charge is 2.26. The first-order chi connectivity index (χ1) is 8.63. The van der Waals surface area contributed by atoms with Gasteiger partial charge < -0.3 is 0 Å². The van der Waals surface area contributed by atoms with Crippen LogP contribution in [0.4, 0.5) is 0 Å². The zero-order valence-corrected chi connectivity index (χ0v) is 12.3. The standard InChI is InChI=1S/C14H12BrClN2/c1-8-6-10(15)4-5-11(8)14-17-12(9-2-3-9)7-13(16)18-14/h4-7,9H,2-3H2,1H3. The molecule has 4 heteroatoms. The Morgan fingerprint density at radius 1 is 1.22 bits per heavy atom. The van der Waals surface area contributed by atoms with E-state index in [1.807, 2.05) is 18.2 Å². The van der Waals surface area contributed by atoms with Crippen molar-refractivity contribution in [3.8, 4) is 11.4 Å². The highest BCUT2D eigenvalue weighted by molar-refractivity contribution is 9.10. The molecule has 1 fully saturated rings. The maximum atomic E-state index is 6.09. The molecule has 0 N–H and O–H groups in total. The van der Waals surface area contributed by atoms with Gasteiger partial charge in [-0.15, -0.1) is 0 Å². The van der Waals surface area contributed by atoms with Crippen molar-refractivity contribution in [1.82, 2.24) is 9.97 Å². The minimum absolute atomic E-state index is 0.532. The van der Waals surface area contributed by atoms with Gasteiger partial charge in [0.1, 0.15) is 5.15 Å². The van der Waals surface area contributed by atoms with E-state index in [2.05, 4.69) is 38.9 Å². The second-order valence-electron chi connectivity index (χ2n) is 4.67. The SMILES string of the molecule is Cc1cc(Br)ccc1-c1nc(Cl)cc(C2CC2)n1. The Morgan fingerprint density at radius 2 is 2.00 bits per heavy atom. The normalized spacial score (nSPS) is 14.8. The first-order valence-electron chi connectivity index (χ1n) is 5.94. The molecule has 1 heterocycles. The van der Waals surface area contributed by atoms with Crippen molar-refractivity contribution in [2.45, 2.75) is 25.7 Å². The second kappa shape index (κ2) is 4.63. The van der Waals surface area contributed by atoms with Crippen LogP contribution in [0.15, 0.2) is 28.7 Å². The van der Waals surface area contributed by atoms with E-state index in [1.165, 1.54) is 12.8 Å². The lowest BCUT2D eigenvalue weighted by Crippen LogP contribution is -1.96. The van der Waals surface area contributed by atoms with Gasteiger partial charge in [0.2, 0.25) is 0 Å². The van der Waals surface area contributed by atoms with Crippen LogP contribution in [0, 0.1) is 6.92 Å². The summed E-state index contributed by atoms with van der Waals surface area (Å²) in [7, 11) is 0. The van der Waals surface area contributed by atoms with Crippen molar-refractivity contribution in [3.63, 3.8) is 0 Å². The van der Waals surface area contributed by atoms with Crippen LogP contribution in [0.1, 0.15) is 30.0 Å². The van der Waals surface area contributed by atoms with Crippen LogP contribution in [-0.4, -0.2) is 9.97 Å². The first-order valence-corrected chi connectivity index (χ1v) is 7.11. The molecule has 1 saturated carbocycles. The summed E-state index contributed by atoms with van der Waals surface area (Å²) < 4.78 is 1.06. The Kier molecular flexibility index (Phi) is 3.12. The van der Waals surface area contributed by atoms with Crippen LogP contribution in [0.25, 0.3) is 11.4 Å². The minimum atomic E-state index is 0.532. The van der Waals surface area contributed by atoms with Crippen LogP contribution < -0.4 is 0 Å². The molecular formula is C14H12BrClN2. The van der Waals surface area contributed by atoms with Crippen molar-refractivity contribution in [3.05, 3.63) is 45.1 Å². The van der Waals surface area contributed by atoms with Crippen molar-refractivity contribution < 1.29 is 0 Å². The third-order valence-electron chi connectivity index (χ3n) is 3.14. The van der Waals surface area contributed by atoms with Crippen molar-refractivity contribution in [2.24, 2.45) is 0 Å². The van der Waals surface area contributed by atoms with Gasteiger partial charge in [0, 0.05) is 21.6 Å². The lowest BCUT2D eigenvalue weighted by molar-refractivity contribution is 0.993. The minimum Gasteiger partial charge on any atom is -0.233 e. The van der Waals surface area contributed by atoms with Crippen LogP contribution in [0.2, 0.25) is 5.15 Å². The molecule has 3 rings (SSSR count). The van der Waals surface area contributed by atoms with Crippen LogP contribution in [0.3, 0.4) is 0 Å². The van der Waals surface area contributed by atoms with Gasteiger partial charge in [-0.3, -0.25) is 0 Å². The van der Waals surface area contributed by atoms with E-state index in [4.69, 9.17) is 11.6 Å². The number of hydrogen-bond donors (Lipinski definition) is 0. The van der Waals surface area contributed by atoms with Gasteiger partial charge in [-0.2, -0.15) is 0 Å². The molecule has 0 atom stereocenters. The molecular weight excluding hydrogens is 312 g/mol. The van der Waals surface area contributed by atoms with Crippen LogP contribution in [0.5, 0.6) is 0 Å². The fourth-order valence-corrected chi connectivity index (χ4v) is 2.69. The first kappa shape index (κ1) is 12.1. The zero-order valence-electron chi connectivity index (χ0n) is 9.95. The molecule has 0 amide bonds. The van der Waals surface area contributed by atoms with Gasteiger partial charge >= 0.3 is 0 Å². The summed E-state index contributed by atoms with van der Waals surface area (Å²) >= 11 is 9.56. The summed E-state index contributed by atoms with van der Waals surface area (Å²) in [6.45, 7) is 2.06. The average Bonchev–Trinajstić information content (AvgIpc) is 3.11. The Hall–Kier alpha value is -0.930. The molecule has 18 heavy (non-hydrogen) atoms. The third-order valence-corrected chi connectivity index (χ3v) is 3.83. The van der Waals surface area contributed by atoms with Crippen molar-refractivity contribution in [2.75, 3.05) is 0 Å². The van der Waals surface area contributed by atoms with E-state index in [0.717, 1.165) is 27.1 Å². The summed E-state index contributed by atoms with van der Waals surface area (Å²) in [5.41, 5.74) is 3.27. The summed E-state index contributed by atoms with van der Waals surface area (Å²) in [5, 5.41) is 0.532. The predicted molar refractivity (Wildman–Crippen MR) is 76.9 cm³/mol. The van der Waals surface area contributed by atoms with Gasteiger partial charge in [-0.1, -0.05) is 27.5 Å². The summed E-state index contributed by atoms with van der Waals surface area (Å²) in [6.07, 6.45) is 2.43. The summed E-state index contributed by atoms with van der Waals surface area (Å²) in [6, 6.07) is 7.98. The van der Waals surface area contributed by atoms with Gasteiger partial charge in [0.15, 0.2) is 5.82 Å². The molecule has 2 nitrogen and oxygen atoms in total. The van der Waals surface area contributed by atoms with Crippen LogP contribution in [-0.2, 0) is 0 Å². The summed E-state index contributed by atoms with van der Waals surface area (Å²) in [5.74, 6) is 1.31.